The second-order valence-corrected chi connectivity index (χ2v) is 6.78. The average molecular weight is 344 g/mol. The molecular weight excluding hydrogens is 328 g/mol. The van der Waals surface area contributed by atoms with Crippen LogP contribution in [0, 0.1) is 6.92 Å². The predicted molar refractivity (Wildman–Crippen MR) is 94.4 cm³/mol. The lowest BCUT2D eigenvalue weighted by atomic mass is 10.3. The molecule has 2 aromatic heterocycles. The summed E-state index contributed by atoms with van der Waals surface area (Å²) in [7, 11) is 0. The highest BCUT2D eigenvalue weighted by atomic mass is 32.1. The minimum Gasteiger partial charge on any atom is -0.492 e. The van der Waals surface area contributed by atoms with Crippen molar-refractivity contribution >= 4 is 28.6 Å². The Morgan fingerprint density at radius 1 is 1.22 bits per heavy atom. The molecule has 0 spiro atoms. The van der Waals surface area contributed by atoms with E-state index >= 15 is 0 Å². The first-order valence-corrected chi connectivity index (χ1v) is 8.91. The summed E-state index contributed by atoms with van der Waals surface area (Å²) in [5.74, 6) is 0.704. The maximum atomic E-state index is 12.3. The van der Waals surface area contributed by atoms with E-state index in [1.54, 1.807) is 11.3 Å². The van der Waals surface area contributed by atoms with Gasteiger partial charge in [0.15, 0.2) is 0 Å². The number of thiophene rings is 1. The number of para-hydroxylation sites is 1. The molecule has 1 amide bonds. The van der Waals surface area contributed by atoms with Gasteiger partial charge in [0.1, 0.15) is 22.2 Å². The molecule has 0 aliphatic carbocycles. The zero-order valence-electron chi connectivity index (χ0n) is 12.6. The molecule has 2 heterocycles. The number of nitrogens with one attached hydrogen (secondary N) is 1. The van der Waals surface area contributed by atoms with Crippen LogP contribution in [0.5, 0.6) is 5.75 Å². The van der Waals surface area contributed by atoms with E-state index in [1.807, 2.05) is 54.8 Å². The molecule has 0 unspecified atom stereocenters. The molecule has 0 bridgehead atoms. The van der Waals surface area contributed by atoms with E-state index in [1.165, 1.54) is 11.3 Å². The summed E-state index contributed by atoms with van der Waals surface area (Å²) in [4.78, 5) is 18.5. The maximum Gasteiger partial charge on any atom is 0.263 e. The van der Waals surface area contributed by atoms with Crippen LogP contribution >= 0.6 is 22.7 Å². The van der Waals surface area contributed by atoms with Gasteiger partial charge in [-0.25, -0.2) is 4.98 Å². The molecule has 118 valence electrons. The topological polar surface area (TPSA) is 51.2 Å². The van der Waals surface area contributed by atoms with Crippen LogP contribution in [0.1, 0.15) is 15.4 Å². The lowest BCUT2D eigenvalue weighted by molar-refractivity contribution is 0.0950. The van der Waals surface area contributed by atoms with E-state index in [2.05, 4.69) is 10.3 Å². The van der Waals surface area contributed by atoms with E-state index in [0.29, 0.717) is 18.0 Å². The van der Waals surface area contributed by atoms with Gasteiger partial charge in [-0.05, 0) is 30.5 Å². The highest BCUT2D eigenvalue weighted by Gasteiger charge is 2.16. The first-order valence-electron chi connectivity index (χ1n) is 7.21. The smallest absolute Gasteiger partial charge is 0.263 e. The number of amides is 1. The van der Waals surface area contributed by atoms with Crippen LogP contribution in [0.3, 0.4) is 0 Å². The standard InChI is InChI=1S/C17H16N2O2S2/c1-12-15(23-17(19-12)14-8-5-11-22-14)16(20)18-9-10-21-13-6-3-2-4-7-13/h2-8,11H,9-10H2,1H3,(H,18,20). The van der Waals surface area contributed by atoms with Gasteiger partial charge in [0, 0.05) is 0 Å². The molecule has 0 aliphatic heterocycles. The number of aromatic nitrogens is 1. The van der Waals surface area contributed by atoms with Gasteiger partial charge in [-0.3, -0.25) is 4.79 Å². The average Bonchev–Trinajstić information content (AvgIpc) is 3.21. The van der Waals surface area contributed by atoms with Gasteiger partial charge in [-0.1, -0.05) is 24.3 Å². The second kappa shape index (κ2) is 7.39. The van der Waals surface area contributed by atoms with Crippen molar-refractivity contribution in [1.29, 1.82) is 0 Å². The Bertz CT molecular complexity index is 767. The minimum atomic E-state index is -0.0977. The van der Waals surface area contributed by atoms with Gasteiger partial charge < -0.3 is 10.1 Å². The number of hydrogen-bond acceptors (Lipinski definition) is 5. The van der Waals surface area contributed by atoms with Crippen molar-refractivity contribution in [3.05, 3.63) is 58.4 Å². The van der Waals surface area contributed by atoms with Crippen LogP contribution in [-0.4, -0.2) is 24.0 Å². The summed E-state index contributed by atoms with van der Waals surface area (Å²) < 4.78 is 5.56. The molecule has 4 nitrogen and oxygen atoms in total. The lowest BCUT2D eigenvalue weighted by Gasteiger charge is -2.06. The predicted octanol–water partition coefficient (Wildman–Crippen LogP) is 3.99. The van der Waals surface area contributed by atoms with Crippen LogP contribution in [0.25, 0.3) is 9.88 Å². The van der Waals surface area contributed by atoms with Crippen molar-refractivity contribution < 1.29 is 9.53 Å². The summed E-state index contributed by atoms with van der Waals surface area (Å²) in [5, 5.41) is 5.78. The number of carbonyl (C=O) groups is 1. The lowest BCUT2D eigenvalue weighted by Crippen LogP contribution is -2.27. The molecule has 0 aliphatic rings. The van der Waals surface area contributed by atoms with E-state index in [9.17, 15) is 4.79 Å². The first kappa shape index (κ1) is 15.7. The van der Waals surface area contributed by atoms with Crippen LogP contribution in [0.4, 0.5) is 0 Å². The van der Waals surface area contributed by atoms with Crippen LogP contribution in [0.2, 0.25) is 0 Å². The van der Waals surface area contributed by atoms with Crippen LogP contribution < -0.4 is 10.1 Å². The molecule has 0 saturated carbocycles. The Labute approximate surface area is 142 Å². The molecule has 0 atom stereocenters. The monoisotopic (exact) mass is 344 g/mol. The second-order valence-electron chi connectivity index (χ2n) is 4.83. The molecule has 1 N–H and O–H groups in total. The first-order chi connectivity index (χ1) is 11.2. The number of ether oxygens (including phenoxy) is 1. The number of rotatable bonds is 6. The van der Waals surface area contributed by atoms with E-state index in [-0.39, 0.29) is 5.91 Å². The van der Waals surface area contributed by atoms with Gasteiger partial charge >= 0.3 is 0 Å². The van der Waals surface area contributed by atoms with Crippen molar-refractivity contribution in [1.82, 2.24) is 10.3 Å². The van der Waals surface area contributed by atoms with E-state index in [0.717, 1.165) is 21.3 Å². The van der Waals surface area contributed by atoms with Gasteiger partial charge in [-0.2, -0.15) is 0 Å². The Hall–Kier alpha value is -2.18. The van der Waals surface area contributed by atoms with Crippen molar-refractivity contribution in [2.24, 2.45) is 0 Å². The van der Waals surface area contributed by atoms with E-state index in [4.69, 9.17) is 4.74 Å². The molecule has 1 aromatic carbocycles. The molecule has 0 saturated heterocycles. The number of aryl methyl sites for hydroxylation is 1. The molecule has 23 heavy (non-hydrogen) atoms. The Morgan fingerprint density at radius 3 is 2.78 bits per heavy atom. The van der Waals surface area contributed by atoms with Gasteiger partial charge in [0.05, 0.1) is 17.1 Å². The maximum absolute atomic E-state index is 12.3. The molecule has 3 aromatic rings. The zero-order valence-corrected chi connectivity index (χ0v) is 14.2. The third-order valence-corrected chi connectivity index (χ3v) is 5.33. The quantitative estimate of drug-likeness (QED) is 0.688. The van der Waals surface area contributed by atoms with Gasteiger partial charge in [-0.15, -0.1) is 22.7 Å². The minimum absolute atomic E-state index is 0.0977. The number of nitrogens with zero attached hydrogens (tertiary/aromatic N) is 1. The number of hydrogen-bond donors (Lipinski definition) is 1. The third-order valence-electron chi connectivity index (χ3n) is 3.13. The summed E-state index contributed by atoms with van der Waals surface area (Å²) in [5.41, 5.74) is 0.764. The molecule has 3 rings (SSSR count). The summed E-state index contributed by atoms with van der Waals surface area (Å²) in [6, 6.07) is 13.6. The fourth-order valence-electron chi connectivity index (χ4n) is 2.04. The highest BCUT2D eigenvalue weighted by Crippen LogP contribution is 2.30. The Balaban J connectivity index is 1.54. The van der Waals surface area contributed by atoms with Crippen LogP contribution in [-0.2, 0) is 0 Å². The molecular formula is C17H16N2O2S2. The summed E-state index contributed by atoms with van der Waals surface area (Å²) >= 11 is 3.05. The van der Waals surface area contributed by atoms with Crippen molar-refractivity contribution in [3.8, 4) is 15.6 Å². The van der Waals surface area contributed by atoms with Crippen LogP contribution in [0.15, 0.2) is 47.8 Å². The molecule has 0 radical (unpaired) electrons. The van der Waals surface area contributed by atoms with Crippen molar-refractivity contribution in [2.45, 2.75) is 6.92 Å². The summed E-state index contributed by atoms with van der Waals surface area (Å²) in [6.07, 6.45) is 0. The number of thiazole rings is 1. The zero-order chi connectivity index (χ0) is 16.1. The third kappa shape index (κ3) is 3.97. The highest BCUT2D eigenvalue weighted by molar-refractivity contribution is 7.22. The SMILES string of the molecule is Cc1nc(-c2cccs2)sc1C(=O)NCCOc1ccccc1. The Kier molecular flexibility index (Phi) is 5.05. The van der Waals surface area contributed by atoms with Gasteiger partial charge in [0.2, 0.25) is 0 Å². The Morgan fingerprint density at radius 2 is 2.04 bits per heavy atom. The number of benzene rings is 1. The molecule has 0 fully saturated rings. The summed E-state index contributed by atoms with van der Waals surface area (Å²) in [6.45, 7) is 2.76. The molecule has 6 heteroatoms. The number of carbonyl (C=O) groups excluding carboxylic acids is 1. The van der Waals surface area contributed by atoms with Gasteiger partial charge in [0.25, 0.3) is 5.91 Å². The fourth-order valence-corrected chi connectivity index (χ4v) is 3.82. The van der Waals surface area contributed by atoms with E-state index < -0.39 is 0 Å². The normalized spacial score (nSPS) is 10.5. The van der Waals surface area contributed by atoms with Crippen molar-refractivity contribution in [2.75, 3.05) is 13.2 Å². The van der Waals surface area contributed by atoms with Crippen molar-refractivity contribution in [3.63, 3.8) is 0 Å². The largest absolute Gasteiger partial charge is 0.492 e. The fraction of sp³-hybridized carbons (Fsp3) is 0.176.